The molecule has 0 aliphatic carbocycles. The van der Waals surface area contributed by atoms with E-state index in [1.54, 1.807) is 7.11 Å². The minimum Gasteiger partial charge on any atom is -0.497 e. The third-order valence-corrected chi connectivity index (χ3v) is 7.64. The Morgan fingerprint density at radius 2 is 0.812 bits per heavy atom. The fourth-order valence-corrected chi connectivity index (χ4v) is 6.45. The molecule has 0 atom stereocenters. The summed E-state index contributed by atoms with van der Waals surface area (Å²) in [4.78, 5) is 0. The maximum absolute atomic E-state index is 6.30. The van der Waals surface area contributed by atoms with Gasteiger partial charge in [-0.05, 0) is 106 Å². The van der Waals surface area contributed by atoms with Crippen LogP contribution >= 0.6 is 16.8 Å². The summed E-state index contributed by atoms with van der Waals surface area (Å²) in [5.41, 5.74) is 1.12. The van der Waals surface area contributed by atoms with Gasteiger partial charge in [0, 0.05) is 12.3 Å². The lowest BCUT2D eigenvalue weighted by atomic mass is 10.1. The molecule has 5 nitrogen and oxygen atoms in total. The molecule has 0 unspecified atom stereocenters. The number of benzene rings is 1. The van der Waals surface area contributed by atoms with Crippen LogP contribution in [-0.4, -0.2) is 29.5 Å². The van der Waals surface area contributed by atoms with Gasteiger partial charge in [0.05, 0.1) is 29.5 Å². The van der Waals surface area contributed by atoms with Crippen LogP contribution in [0.5, 0.6) is 5.75 Å². The van der Waals surface area contributed by atoms with Gasteiger partial charge in [-0.1, -0.05) is 6.07 Å². The minimum atomic E-state index is -1.12. The maximum Gasteiger partial charge on any atom is 0.176 e. The normalized spacial score (nSPS) is 13.8. The molecule has 7 heteroatoms. The van der Waals surface area contributed by atoms with Crippen LogP contribution < -0.4 is 4.74 Å². The van der Waals surface area contributed by atoms with Gasteiger partial charge in [-0.3, -0.25) is 0 Å². The van der Waals surface area contributed by atoms with Crippen molar-refractivity contribution in [2.45, 2.75) is 118 Å². The number of methoxy groups -OCH3 is 1. The van der Waals surface area contributed by atoms with E-state index in [0.717, 1.165) is 16.9 Å². The van der Waals surface area contributed by atoms with Gasteiger partial charge in [0.1, 0.15) is 5.75 Å². The first-order chi connectivity index (χ1) is 14.2. The number of rotatable bonds is 9. The lowest BCUT2D eigenvalue weighted by Crippen LogP contribution is -2.22. The van der Waals surface area contributed by atoms with Crippen molar-refractivity contribution in [3.63, 3.8) is 0 Å². The van der Waals surface area contributed by atoms with Gasteiger partial charge in [-0.15, -0.1) is 0 Å². The van der Waals surface area contributed by atoms with Crippen molar-refractivity contribution in [3.05, 3.63) is 29.3 Å². The van der Waals surface area contributed by atoms with Gasteiger partial charge in [0.2, 0.25) is 0 Å². The summed E-state index contributed by atoms with van der Waals surface area (Å²) >= 11 is 0. The lowest BCUT2D eigenvalue weighted by molar-refractivity contribution is 0.0714. The zero-order valence-electron chi connectivity index (χ0n) is 22.6. The third-order valence-electron chi connectivity index (χ3n) is 3.39. The van der Waals surface area contributed by atoms with Crippen molar-refractivity contribution < 1.29 is 22.8 Å². The summed E-state index contributed by atoms with van der Waals surface area (Å²) in [5, 5.41) is 0. The van der Waals surface area contributed by atoms with E-state index in [1.165, 1.54) is 0 Å². The molecular formula is C25H46O5P2. The Labute approximate surface area is 199 Å². The van der Waals surface area contributed by atoms with E-state index in [2.05, 4.69) is 101 Å². The highest BCUT2D eigenvalue weighted by Gasteiger charge is 2.28. The molecule has 0 bridgehead atoms. The van der Waals surface area contributed by atoms with Gasteiger partial charge in [0.15, 0.2) is 16.8 Å². The van der Waals surface area contributed by atoms with Crippen molar-refractivity contribution in [1.29, 1.82) is 0 Å². The van der Waals surface area contributed by atoms with Crippen LogP contribution in [0.25, 0.3) is 0 Å². The zero-order chi connectivity index (χ0) is 25.0. The molecule has 0 aliphatic rings. The fourth-order valence-electron chi connectivity index (χ4n) is 2.72. The highest BCUT2D eigenvalue weighted by molar-refractivity contribution is 7.46. The Bertz CT molecular complexity index is 621. The average Bonchev–Trinajstić information content (AvgIpc) is 2.47. The highest BCUT2D eigenvalue weighted by atomic mass is 31.2. The van der Waals surface area contributed by atoms with Gasteiger partial charge in [-0.2, -0.15) is 0 Å². The van der Waals surface area contributed by atoms with Crippen molar-refractivity contribution in [1.82, 2.24) is 0 Å². The Morgan fingerprint density at radius 3 is 1.03 bits per heavy atom. The molecule has 0 aliphatic heterocycles. The number of hydrogen-bond donors (Lipinski definition) is 0. The first kappa shape index (κ1) is 29.8. The van der Waals surface area contributed by atoms with Gasteiger partial charge < -0.3 is 22.8 Å². The van der Waals surface area contributed by atoms with E-state index in [4.69, 9.17) is 22.8 Å². The molecule has 1 rings (SSSR count). The molecule has 0 saturated carbocycles. The van der Waals surface area contributed by atoms with Gasteiger partial charge in [-0.25, -0.2) is 0 Å². The Kier molecular flexibility index (Phi) is 10.6. The molecule has 0 aromatic heterocycles. The summed E-state index contributed by atoms with van der Waals surface area (Å²) in [6.45, 7) is 24.7. The van der Waals surface area contributed by atoms with Crippen LogP contribution in [-0.2, 0) is 30.4 Å². The van der Waals surface area contributed by atoms with E-state index in [9.17, 15) is 0 Å². The first-order valence-electron chi connectivity index (χ1n) is 11.2. The Balaban J connectivity index is 3.19. The van der Waals surface area contributed by atoms with E-state index in [1.807, 2.05) is 0 Å². The van der Waals surface area contributed by atoms with Gasteiger partial charge >= 0.3 is 0 Å². The van der Waals surface area contributed by atoms with Crippen molar-refractivity contribution >= 4 is 16.8 Å². The van der Waals surface area contributed by atoms with E-state index in [-0.39, 0.29) is 22.4 Å². The van der Waals surface area contributed by atoms with Crippen molar-refractivity contribution in [3.8, 4) is 5.75 Å². The summed E-state index contributed by atoms with van der Waals surface area (Å²) in [7, 11) is -0.543. The topological polar surface area (TPSA) is 46.2 Å². The monoisotopic (exact) mass is 488 g/mol. The molecule has 0 spiro atoms. The van der Waals surface area contributed by atoms with Gasteiger partial charge in [0.25, 0.3) is 0 Å². The SMILES string of the molecule is COc1cc(CP(OC(C)(C)C)OC(C)(C)C)cc(CP(OC(C)(C)C)OC(C)(C)C)c1. The quantitative estimate of drug-likeness (QED) is 0.326. The van der Waals surface area contributed by atoms with E-state index < -0.39 is 16.8 Å². The molecule has 0 saturated heterocycles. The predicted molar refractivity (Wildman–Crippen MR) is 138 cm³/mol. The van der Waals surface area contributed by atoms with Crippen LogP contribution in [0.15, 0.2) is 18.2 Å². The predicted octanol–water partition coefficient (Wildman–Crippen LogP) is 8.58. The average molecular weight is 489 g/mol. The number of ether oxygens (including phenoxy) is 1. The molecule has 0 N–H and O–H groups in total. The highest BCUT2D eigenvalue weighted by Crippen LogP contribution is 2.51. The second kappa shape index (κ2) is 11.4. The fraction of sp³-hybridized carbons (Fsp3) is 0.760. The van der Waals surface area contributed by atoms with Crippen molar-refractivity contribution in [2.24, 2.45) is 0 Å². The smallest absolute Gasteiger partial charge is 0.176 e. The number of hydrogen-bond acceptors (Lipinski definition) is 5. The molecule has 32 heavy (non-hydrogen) atoms. The molecule has 186 valence electrons. The summed E-state index contributed by atoms with van der Waals surface area (Å²) in [5.74, 6) is 0.820. The second-order valence-electron chi connectivity index (χ2n) is 12.0. The molecule has 0 heterocycles. The molecule has 0 radical (unpaired) electrons. The summed E-state index contributed by atoms with van der Waals surface area (Å²) in [6.07, 6.45) is 1.37. The Morgan fingerprint density at radius 1 is 0.531 bits per heavy atom. The van der Waals surface area contributed by atoms with Crippen LogP contribution in [0, 0.1) is 0 Å². The second-order valence-corrected chi connectivity index (χ2v) is 14.7. The minimum absolute atomic E-state index is 0.284. The van der Waals surface area contributed by atoms with Crippen LogP contribution in [0.3, 0.4) is 0 Å². The van der Waals surface area contributed by atoms with Crippen molar-refractivity contribution in [2.75, 3.05) is 7.11 Å². The van der Waals surface area contributed by atoms with E-state index >= 15 is 0 Å². The molecule has 0 fully saturated rings. The third kappa shape index (κ3) is 14.1. The molecular weight excluding hydrogens is 442 g/mol. The zero-order valence-corrected chi connectivity index (χ0v) is 24.4. The maximum atomic E-state index is 6.30. The van der Waals surface area contributed by atoms with E-state index in [0.29, 0.717) is 12.3 Å². The summed E-state index contributed by atoms with van der Waals surface area (Å²) in [6, 6.07) is 6.33. The molecule has 1 aromatic rings. The Hall–Kier alpha value is -0.280. The lowest BCUT2D eigenvalue weighted by Gasteiger charge is -2.32. The van der Waals surface area contributed by atoms with Crippen LogP contribution in [0.2, 0.25) is 0 Å². The standard InChI is InChI=1S/C25H46O5P2/c1-22(2,3)27-31(28-23(4,5)6)17-19-14-20(16-21(15-19)26-13)18-32(29-24(7,8)9)30-25(10,11)12/h14-16H,17-18H2,1-13H3. The molecule has 1 aromatic carbocycles. The first-order valence-corrected chi connectivity index (χ1v) is 14.0. The summed E-state index contributed by atoms with van der Waals surface area (Å²) < 4.78 is 30.8. The van der Waals surface area contributed by atoms with Crippen LogP contribution in [0.1, 0.15) is 94.2 Å². The largest absolute Gasteiger partial charge is 0.497 e. The molecule has 0 amide bonds. The van der Waals surface area contributed by atoms with Crippen LogP contribution in [0.4, 0.5) is 0 Å².